The third-order valence-electron chi connectivity index (χ3n) is 6.98. The molecule has 0 aliphatic heterocycles. The molecule has 8 nitrogen and oxygen atoms in total. The number of carbonyl (C=O) groups excluding carboxylic acids is 2. The molecule has 0 spiro atoms. The number of benzene rings is 1. The molecule has 0 bridgehead atoms. The summed E-state index contributed by atoms with van der Waals surface area (Å²) in [5.41, 5.74) is 2.55. The zero-order valence-electron chi connectivity index (χ0n) is 23.8. The van der Waals surface area contributed by atoms with Gasteiger partial charge in [-0.05, 0) is 64.5 Å². The van der Waals surface area contributed by atoms with E-state index in [0.29, 0.717) is 44.2 Å². The van der Waals surface area contributed by atoms with Crippen molar-refractivity contribution in [1.82, 2.24) is 20.0 Å². The monoisotopic (exact) mass is 521 g/mol. The summed E-state index contributed by atoms with van der Waals surface area (Å²) in [5, 5.41) is 26.5. The first-order valence-electron chi connectivity index (χ1n) is 13.3. The molecule has 1 aromatic heterocycles. The number of nitrogens with zero attached hydrogens (tertiary/aromatic N) is 3. The molecule has 38 heavy (non-hydrogen) atoms. The Hall–Kier alpha value is -3.26. The highest BCUT2D eigenvalue weighted by Gasteiger charge is 2.44. The summed E-state index contributed by atoms with van der Waals surface area (Å²) in [4.78, 5) is 26.1. The molecule has 206 valence electrons. The molecule has 0 radical (unpaired) electrons. The normalized spacial score (nSPS) is 19.7. The van der Waals surface area contributed by atoms with E-state index in [1.165, 1.54) is 0 Å². The zero-order chi connectivity index (χ0) is 28.3. The number of hydrogen-bond donors (Lipinski definition) is 3. The van der Waals surface area contributed by atoms with Gasteiger partial charge in [-0.1, -0.05) is 50.6 Å². The number of carbonyl (C=O) groups is 2. The van der Waals surface area contributed by atoms with Crippen molar-refractivity contribution in [2.45, 2.75) is 84.3 Å². The van der Waals surface area contributed by atoms with E-state index in [1.807, 2.05) is 51.1 Å². The third-order valence-corrected chi connectivity index (χ3v) is 6.98. The molecule has 2 aromatic rings. The number of aliphatic hydroxyl groups is 1. The largest absolute Gasteiger partial charge is 0.390 e. The van der Waals surface area contributed by atoms with Crippen molar-refractivity contribution >= 4 is 18.5 Å². The number of hydrogen-bond acceptors (Lipinski definition) is 5. The highest BCUT2D eigenvalue weighted by molar-refractivity contribution is 5.80. The van der Waals surface area contributed by atoms with Gasteiger partial charge in [0.15, 0.2) is 0 Å². The Bertz CT molecular complexity index is 1250. The molecule has 3 rings (SSSR count). The lowest BCUT2D eigenvalue weighted by Crippen LogP contribution is -2.55. The van der Waals surface area contributed by atoms with Gasteiger partial charge in [0.25, 0.3) is 0 Å². The van der Waals surface area contributed by atoms with Gasteiger partial charge in [0.1, 0.15) is 5.49 Å². The van der Waals surface area contributed by atoms with Crippen LogP contribution in [-0.4, -0.2) is 56.3 Å². The number of amides is 2. The van der Waals surface area contributed by atoms with Crippen LogP contribution < -0.4 is 10.8 Å². The smallest absolute Gasteiger partial charge is 0.225 e. The fourth-order valence-corrected chi connectivity index (χ4v) is 4.94. The lowest BCUT2D eigenvalue weighted by molar-refractivity contribution is -0.150. The molecular weight excluding hydrogens is 478 g/mol. The topological polar surface area (TPSA) is 111 Å². The molecule has 0 saturated heterocycles. The lowest BCUT2D eigenvalue weighted by Gasteiger charge is -2.43. The Morgan fingerprint density at radius 3 is 2.53 bits per heavy atom. The summed E-state index contributed by atoms with van der Waals surface area (Å²) >= 11 is 0. The van der Waals surface area contributed by atoms with E-state index in [9.17, 15) is 14.7 Å². The SMILES string of the molecule is Cc1cccc(-c2cc(C(C)(C)C)c(=N)n(/C=C/CCN(CC(C)(C)NC=O)C(=O)C3CC(C)(O)C3)n2)c1. The summed E-state index contributed by atoms with van der Waals surface area (Å²) in [6.07, 6.45) is 5.83. The molecule has 2 amide bonds. The second kappa shape index (κ2) is 11.2. The highest BCUT2D eigenvalue weighted by Crippen LogP contribution is 2.38. The van der Waals surface area contributed by atoms with Crippen molar-refractivity contribution < 1.29 is 14.7 Å². The zero-order valence-corrected chi connectivity index (χ0v) is 23.8. The second-order valence-electron chi connectivity index (χ2n) is 12.5. The summed E-state index contributed by atoms with van der Waals surface area (Å²) in [6, 6.07) is 10.2. The molecule has 1 aromatic carbocycles. The molecular formula is C30H43N5O3. The predicted molar refractivity (Wildman–Crippen MR) is 150 cm³/mol. The van der Waals surface area contributed by atoms with Gasteiger partial charge in [0.05, 0.1) is 16.8 Å². The average molecular weight is 522 g/mol. The van der Waals surface area contributed by atoms with Crippen molar-refractivity contribution in [3.63, 3.8) is 0 Å². The first-order chi connectivity index (χ1) is 17.6. The summed E-state index contributed by atoms with van der Waals surface area (Å²) < 4.78 is 1.60. The van der Waals surface area contributed by atoms with E-state index in [-0.39, 0.29) is 17.2 Å². The third kappa shape index (κ3) is 7.40. The highest BCUT2D eigenvalue weighted by atomic mass is 16.3. The Balaban J connectivity index is 1.83. The molecule has 1 aliphatic rings. The Morgan fingerprint density at radius 2 is 1.95 bits per heavy atom. The summed E-state index contributed by atoms with van der Waals surface area (Å²) in [6.45, 7) is 14.6. The van der Waals surface area contributed by atoms with Crippen LogP contribution in [0, 0.1) is 18.3 Å². The van der Waals surface area contributed by atoms with E-state index in [2.05, 4.69) is 32.2 Å². The van der Waals surface area contributed by atoms with E-state index < -0.39 is 11.1 Å². The van der Waals surface area contributed by atoms with Gasteiger partial charge >= 0.3 is 0 Å². The molecule has 8 heteroatoms. The van der Waals surface area contributed by atoms with Crippen LogP contribution in [0.15, 0.2) is 36.4 Å². The minimum atomic E-state index is -0.789. The predicted octanol–water partition coefficient (Wildman–Crippen LogP) is 4.01. The van der Waals surface area contributed by atoms with Gasteiger partial charge in [-0.25, -0.2) is 4.68 Å². The van der Waals surface area contributed by atoms with E-state index in [1.54, 1.807) is 22.7 Å². The maximum absolute atomic E-state index is 13.2. The van der Waals surface area contributed by atoms with Crippen LogP contribution in [0.2, 0.25) is 0 Å². The second-order valence-corrected chi connectivity index (χ2v) is 12.5. The van der Waals surface area contributed by atoms with Crippen molar-refractivity contribution in [2.75, 3.05) is 13.1 Å². The Kier molecular flexibility index (Phi) is 8.66. The van der Waals surface area contributed by atoms with Gasteiger partial charge in [0, 0.05) is 36.3 Å². The van der Waals surface area contributed by atoms with Crippen molar-refractivity contribution in [1.29, 1.82) is 5.41 Å². The summed E-state index contributed by atoms with van der Waals surface area (Å²) in [7, 11) is 0. The standard InChI is InChI=1S/C30H43N5O3/c1-21-11-10-12-22(15-21)25-16-24(28(2,3)4)26(31)35(33-25)14-9-8-13-34(19-29(5,6)32-20-36)27(37)23-17-30(7,38)18-23/h9-12,14-16,20,23,31,38H,8,13,17-19H2,1-7H3,(H,32,36)/b14-9+,31-26?. The number of aryl methyl sites for hydroxylation is 1. The van der Waals surface area contributed by atoms with Crippen molar-refractivity contribution in [3.05, 3.63) is 53.0 Å². The van der Waals surface area contributed by atoms with E-state index in [4.69, 9.17) is 10.5 Å². The van der Waals surface area contributed by atoms with Gasteiger partial charge < -0.3 is 15.3 Å². The van der Waals surface area contributed by atoms with Crippen LogP contribution >= 0.6 is 0 Å². The molecule has 0 atom stereocenters. The van der Waals surface area contributed by atoms with Gasteiger partial charge in [-0.3, -0.25) is 15.0 Å². The van der Waals surface area contributed by atoms with Crippen molar-refractivity contribution in [3.8, 4) is 11.3 Å². The minimum absolute atomic E-state index is 0.00544. The Morgan fingerprint density at radius 1 is 1.26 bits per heavy atom. The number of rotatable bonds is 10. The van der Waals surface area contributed by atoms with Crippen LogP contribution in [0.25, 0.3) is 17.5 Å². The van der Waals surface area contributed by atoms with Gasteiger partial charge in [-0.15, -0.1) is 0 Å². The average Bonchev–Trinajstić information content (AvgIpc) is 2.79. The fourth-order valence-electron chi connectivity index (χ4n) is 4.94. The molecule has 3 N–H and O–H groups in total. The molecule has 1 saturated carbocycles. The molecule has 1 fully saturated rings. The summed E-state index contributed by atoms with van der Waals surface area (Å²) in [5.74, 6) is -0.216. The Labute approximate surface area is 226 Å². The number of nitrogens with one attached hydrogen (secondary N) is 2. The minimum Gasteiger partial charge on any atom is -0.390 e. The first-order valence-corrected chi connectivity index (χ1v) is 13.3. The van der Waals surface area contributed by atoms with Crippen LogP contribution in [0.3, 0.4) is 0 Å². The molecule has 1 heterocycles. The van der Waals surface area contributed by atoms with Crippen LogP contribution in [-0.2, 0) is 15.0 Å². The van der Waals surface area contributed by atoms with Crippen LogP contribution in [0.1, 0.15) is 71.9 Å². The maximum Gasteiger partial charge on any atom is 0.225 e. The van der Waals surface area contributed by atoms with Crippen molar-refractivity contribution in [2.24, 2.45) is 5.92 Å². The van der Waals surface area contributed by atoms with E-state index >= 15 is 0 Å². The van der Waals surface area contributed by atoms with Crippen LogP contribution in [0.5, 0.6) is 0 Å². The maximum atomic E-state index is 13.2. The lowest BCUT2D eigenvalue weighted by atomic mass is 9.71. The fraction of sp³-hybridized carbons (Fsp3) is 0.533. The van der Waals surface area contributed by atoms with Gasteiger partial charge in [0.2, 0.25) is 12.3 Å². The number of aromatic nitrogens is 2. The van der Waals surface area contributed by atoms with Crippen LogP contribution in [0.4, 0.5) is 0 Å². The molecule has 1 aliphatic carbocycles. The first kappa shape index (κ1) is 29.3. The van der Waals surface area contributed by atoms with E-state index in [0.717, 1.165) is 22.4 Å². The quantitative estimate of drug-likeness (QED) is 0.410. The van der Waals surface area contributed by atoms with Gasteiger partial charge in [-0.2, -0.15) is 5.10 Å². The molecule has 0 unspecified atom stereocenters.